The van der Waals surface area contributed by atoms with Crippen LogP contribution in [0.5, 0.6) is 5.75 Å². The molecule has 4 heteroatoms. The summed E-state index contributed by atoms with van der Waals surface area (Å²) in [5.74, 6) is 1.42. The lowest BCUT2D eigenvalue weighted by Gasteiger charge is -2.05. The summed E-state index contributed by atoms with van der Waals surface area (Å²) in [4.78, 5) is 0. The fourth-order valence-corrected chi connectivity index (χ4v) is 2.27. The van der Waals surface area contributed by atoms with Crippen molar-refractivity contribution in [1.82, 2.24) is 9.78 Å². The van der Waals surface area contributed by atoms with Crippen molar-refractivity contribution in [3.63, 3.8) is 0 Å². The van der Waals surface area contributed by atoms with Crippen molar-refractivity contribution in [2.45, 2.75) is 6.92 Å². The van der Waals surface area contributed by atoms with E-state index in [1.807, 2.05) is 42.5 Å². The molecule has 0 bridgehead atoms. The van der Waals surface area contributed by atoms with E-state index in [1.165, 1.54) is 5.56 Å². The number of hydrogen-bond donors (Lipinski definition) is 1. The molecule has 21 heavy (non-hydrogen) atoms. The number of nitrogens with two attached hydrogens (primary N) is 1. The van der Waals surface area contributed by atoms with E-state index in [9.17, 15) is 0 Å². The van der Waals surface area contributed by atoms with Crippen molar-refractivity contribution in [2.75, 3.05) is 12.8 Å². The van der Waals surface area contributed by atoms with Gasteiger partial charge in [-0.05, 0) is 37.3 Å². The minimum absolute atomic E-state index is 0.608. The van der Waals surface area contributed by atoms with Crippen molar-refractivity contribution in [1.29, 1.82) is 0 Å². The molecule has 106 valence electrons. The molecular formula is C17H17N3O. The molecule has 0 atom stereocenters. The van der Waals surface area contributed by atoms with Gasteiger partial charge in [0.2, 0.25) is 0 Å². The third-order valence-electron chi connectivity index (χ3n) is 3.37. The summed E-state index contributed by atoms with van der Waals surface area (Å²) in [5, 5.41) is 4.60. The second-order valence-electron chi connectivity index (χ2n) is 4.93. The van der Waals surface area contributed by atoms with Crippen molar-refractivity contribution >= 4 is 5.82 Å². The second kappa shape index (κ2) is 5.32. The fraction of sp³-hybridized carbons (Fsp3) is 0.118. The zero-order valence-electron chi connectivity index (χ0n) is 12.1. The summed E-state index contributed by atoms with van der Waals surface area (Å²) >= 11 is 0. The molecule has 0 saturated heterocycles. The van der Waals surface area contributed by atoms with E-state index < -0.39 is 0 Å². The van der Waals surface area contributed by atoms with E-state index in [0.29, 0.717) is 5.82 Å². The highest BCUT2D eigenvalue weighted by molar-refractivity contribution is 5.64. The van der Waals surface area contributed by atoms with Crippen LogP contribution in [0.2, 0.25) is 0 Å². The third-order valence-corrected chi connectivity index (χ3v) is 3.37. The van der Waals surface area contributed by atoms with E-state index in [0.717, 1.165) is 22.7 Å². The van der Waals surface area contributed by atoms with Gasteiger partial charge in [0, 0.05) is 11.6 Å². The number of anilines is 1. The summed E-state index contributed by atoms with van der Waals surface area (Å²) in [6, 6.07) is 17.8. The first-order valence-electron chi connectivity index (χ1n) is 6.74. The molecular weight excluding hydrogens is 262 g/mol. The summed E-state index contributed by atoms with van der Waals surface area (Å²) in [6.45, 7) is 2.06. The van der Waals surface area contributed by atoms with Gasteiger partial charge < -0.3 is 10.5 Å². The molecule has 1 aromatic heterocycles. The number of hydrogen-bond acceptors (Lipinski definition) is 3. The highest BCUT2D eigenvalue weighted by Gasteiger charge is 2.09. The largest absolute Gasteiger partial charge is 0.497 e. The van der Waals surface area contributed by atoms with Crippen LogP contribution in [-0.2, 0) is 0 Å². The Morgan fingerprint density at radius 2 is 1.81 bits per heavy atom. The van der Waals surface area contributed by atoms with Gasteiger partial charge in [0.1, 0.15) is 11.6 Å². The van der Waals surface area contributed by atoms with Crippen LogP contribution >= 0.6 is 0 Å². The lowest BCUT2D eigenvalue weighted by Crippen LogP contribution is -2.01. The van der Waals surface area contributed by atoms with Crippen LogP contribution in [-0.4, -0.2) is 16.9 Å². The predicted octanol–water partition coefficient (Wildman–Crippen LogP) is 3.44. The third kappa shape index (κ3) is 2.60. The first-order valence-corrected chi connectivity index (χ1v) is 6.74. The predicted molar refractivity (Wildman–Crippen MR) is 84.7 cm³/mol. The van der Waals surface area contributed by atoms with Crippen LogP contribution < -0.4 is 10.5 Å². The van der Waals surface area contributed by atoms with E-state index >= 15 is 0 Å². The van der Waals surface area contributed by atoms with Crippen LogP contribution in [0.25, 0.3) is 16.9 Å². The topological polar surface area (TPSA) is 53.1 Å². The first kappa shape index (κ1) is 13.2. The number of nitrogen functional groups attached to an aromatic ring is 1. The van der Waals surface area contributed by atoms with Gasteiger partial charge in [-0.1, -0.05) is 23.8 Å². The van der Waals surface area contributed by atoms with Gasteiger partial charge >= 0.3 is 0 Å². The molecule has 0 aliphatic heterocycles. The molecule has 2 aromatic carbocycles. The van der Waals surface area contributed by atoms with E-state index in [-0.39, 0.29) is 0 Å². The lowest BCUT2D eigenvalue weighted by molar-refractivity contribution is 0.414. The van der Waals surface area contributed by atoms with Gasteiger partial charge in [0.15, 0.2) is 0 Å². The molecule has 0 radical (unpaired) electrons. The molecule has 4 nitrogen and oxygen atoms in total. The Bertz CT molecular complexity index is 760. The molecule has 1 heterocycles. The average Bonchev–Trinajstić information content (AvgIpc) is 2.89. The molecule has 0 fully saturated rings. The summed E-state index contributed by atoms with van der Waals surface area (Å²) in [6.07, 6.45) is 0. The Hall–Kier alpha value is -2.75. The van der Waals surface area contributed by atoms with Crippen molar-refractivity contribution in [3.8, 4) is 22.7 Å². The highest BCUT2D eigenvalue weighted by atomic mass is 16.5. The maximum atomic E-state index is 6.09. The van der Waals surface area contributed by atoms with Crippen LogP contribution in [0.1, 0.15) is 5.56 Å². The molecule has 0 saturated carbocycles. The van der Waals surface area contributed by atoms with Gasteiger partial charge in [0.05, 0.1) is 18.5 Å². The summed E-state index contributed by atoms with van der Waals surface area (Å²) < 4.78 is 6.90. The first-order chi connectivity index (χ1) is 10.2. The highest BCUT2D eigenvalue weighted by Crippen LogP contribution is 2.24. The van der Waals surface area contributed by atoms with Crippen molar-refractivity contribution in [2.24, 2.45) is 0 Å². The lowest BCUT2D eigenvalue weighted by atomic mass is 10.1. The minimum Gasteiger partial charge on any atom is -0.497 e. The number of rotatable bonds is 3. The van der Waals surface area contributed by atoms with Crippen molar-refractivity contribution < 1.29 is 4.74 Å². The number of aromatic nitrogens is 2. The number of ether oxygens (including phenoxy) is 1. The Balaban J connectivity index is 2.01. The average molecular weight is 279 g/mol. The molecule has 0 aliphatic carbocycles. The maximum absolute atomic E-state index is 6.09. The fourth-order valence-electron chi connectivity index (χ4n) is 2.27. The number of aryl methyl sites for hydroxylation is 1. The van der Waals surface area contributed by atoms with Gasteiger partial charge in [-0.15, -0.1) is 0 Å². The second-order valence-corrected chi connectivity index (χ2v) is 4.93. The van der Waals surface area contributed by atoms with Crippen LogP contribution in [0.3, 0.4) is 0 Å². The summed E-state index contributed by atoms with van der Waals surface area (Å²) in [7, 11) is 1.65. The molecule has 2 N–H and O–H groups in total. The smallest absolute Gasteiger partial charge is 0.127 e. The number of methoxy groups -OCH3 is 1. The maximum Gasteiger partial charge on any atom is 0.127 e. The number of benzene rings is 2. The van der Waals surface area contributed by atoms with Gasteiger partial charge in [-0.25, -0.2) is 4.68 Å². The monoisotopic (exact) mass is 279 g/mol. The quantitative estimate of drug-likeness (QED) is 0.799. The Kier molecular flexibility index (Phi) is 3.36. The Morgan fingerprint density at radius 1 is 1.05 bits per heavy atom. The van der Waals surface area contributed by atoms with Crippen LogP contribution in [0.4, 0.5) is 5.82 Å². The van der Waals surface area contributed by atoms with E-state index in [4.69, 9.17) is 10.5 Å². The van der Waals surface area contributed by atoms with Gasteiger partial charge in [-0.2, -0.15) is 5.10 Å². The SMILES string of the molecule is COc1ccc(-n2nc(-c3cccc(C)c3)cc2N)cc1. The molecule has 0 unspecified atom stereocenters. The molecule has 3 rings (SSSR count). The van der Waals surface area contributed by atoms with Crippen LogP contribution in [0.15, 0.2) is 54.6 Å². The Labute approximate surface area is 123 Å². The molecule has 0 spiro atoms. The van der Waals surface area contributed by atoms with Crippen LogP contribution in [0, 0.1) is 6.92 Å². The van der Waals surface area contributed by atoms with E-state index in [2.05, 4.69) is 24.2 Å². The molecule has 3 aromatic rings. The number of nitrogens with zero attached hydrogens (tertiary/aromatic N) is 2. The van der Waals surface area contributed by atoms with Gasteiger partial charge in [0.25, 0.3) is 0 Å². The zero-order valence-corrected chi connectivity index (χ0v) is 12.1. The minimum atomic E-state index is 0.608. The molecule has 0 amide bonds. The van der Waals surface area contributed by atoms with E-state index in [1.54, 1.807) is 11.8 Å². The van der Waals surface area contributed by atoms with Crippen molar-refractivity contribution in [3.05, 3.63) is 60.2 Å². The summed E-state index contributed by atoms with van der Waals surface area (Å²) in [5.41, 5.74) is 10.1. The zero-order chi connectivity index (χ0) is 14.8. The normalized spacial score (nSPS) is 10.6. The standard InChI is InChI=1S/C17H17N3O/c1-12-4-3-5-13(10-12)16-11-17(18)20(19-16)14-6-8-15(21-2)9-7-14/h3-11H,18H2,1-2H3. The van der Waals surface area contributed by atoms with Gasteiger partial charge in [-0.3, -0.25) is 0 Å². The molecule has 0 aliphatic rings. The Morgan fingerprint density at radius 3 is 2.48 bits per heavy atom.